The number of aryl methyl sites for hydroxylation is 1. The fourth-order valence-electron chi connectivity index (χ4n) is 14.8. The molecule has 0 bridgehead atoms. The van der Waals surface area contributed by atoms with Crippen LogP contribution in [0.2, 0.25) is 0 Å². The number of likely N-dealkylation sites (tertiary alicyclic amines) is 1. The molecule has 4 amide bonds. The van der Waals surface area contributed by atoms with Gasteiger partial charge in [-0.3, -0.25) is 24.6 Å². The Balaban J connectivity index is 0.000000154. The Morgan fingerprint density at radius 2 is 1.64 bits per heavy atom. The molecule has 2 aromatic heterocycles. The minimum atomic E-state index is -0.588. The van der Waals surface area contributed by atoms with E-state index in [4.69, 9.17) is 40.3 Å². The summed E-state index contributed by atoms with van der Waals surface area (Å²) < 4.78 is 55.4. The van der Waals surface area contributed by atoms with E-state index < -0.39 is 17.7 Å². The van der Waals surface area contributed by atoms with Crippen molar-refractivity contribution in [3.05, 3.63) is 82.5 Å². The predicted octanol–water partition coefficient (Wildman–Crippen LogP) is 8.10. The van der Waals surface area contributed by atoms with Gasteiger partial charge in [0.05, 0.1) is 54.1 Å². The predicted molar refractivity (Wildman–Crippen MR) is 299 cm³/mol. The van der Waals surface area contributed by atoms with Crippen LogP contribution >= 0.6 is 0 Å². The van der Waals surface area contributed by atoms with E-state index in [0.717, 1.165) is 134 Å². The zero-order chi connectivity index (χ0) is 55.6. The number of piperidine rings is 3. The monoisotopic (exact) mass is 1110 g/mol. The van der Waals surface area contributed by atoms with E-state index in [2.05, 4.69) is 32.0 Å². The first-order valence-electron chi connectivity index (χ1n) is 29.2. The molecule has 19 heteroatoms. The van der Waals surface area contributed by atoms with E-state index in [-0.39, 0.29) is 70.7 Å². The summed E-state index contributed by atoms with van der Waals surface area (Å²) in [5.74, 6) is 1.23. The average molecular weight is 1110 g/mol. The van der Waals surface area contributed by atoms with Gasteiger partial charge in [0.25, 0.3) is 5.91 Å². The lowest BCUT2D eigenvalue weighted by Crippen LogP contribution is -2.52. The van der Waals surface area contributed by atoms with Crippen molar-refractivity contribution in [1.29, 1.82) is 0 Å². The zero-order valence-electron chi connectivity index (χ0n) is 46.0. The lowest BCUT2D eigenvalue weighted by molar-refractivity contribution is -0.137. The lowest BCUT2D eigenvalue weighted by Gasteiger charge is -2.52. The summed E-state index contributed by atoms with van der Waals surface area (Å²) >= 11 is 0. The molecule has 17 nitrogen and oxygen atoms in total. The van der Waals surface area contributed by atoms with Gasteiger partial charge in [-0.25, -0.2) is 18.6 Å². The molecule has 5 aromatic rings. The smallest absolute Gasteiger partial charge is 0.409 e. The number of pyridine rings is 1. The number of carbonyl (C=O) groups is 4. The Labute approximate surface area is 470 Å². The molecule has 2 unspecified atom stereocenters. The second-order valence-electron chi connectivity index (χ2n) is 23.8. The molecule has 1 saturated carbocycles. The van der Waals surface area contributed by atoms with Crippen LogP contribution < -0.4 is 19.9 Å². The van der Waals surface area contributed by atoms with Crippen molar-refractivity contribution in [1.82, 2.24) is 35.0 Å². The Kier molecular flexibility index (Phi) is 14.3. The van der Waals surface area contributed by atoms with Gasteiger partial charge >= 0.3 is 12.1 Å². The topological polar surface area (TPSA) is 172 Å². The number of fused-ring (bicyclic) bond motifs is 5. The highest BCUT2D eigenvalue weighted by molar-refractivity contribution is 6.06. The second kappa shape index (κ2) is 21.7. The van der Waals surface area contributed by atoms with Crippen molar-refractivity contribution in [2.24, 2.45) is 5.41 Å². The van der Waals surface area contributed by atoms with Gasteiger partial charge in [0.2, 0.25) is 11.8 Å². The van der Waals surface area contributed by atoms with Crippen LogP contribution in [0.5, 0.6) is 6.01 Å². The Morgan fingerprint density at radius 1 is 0.840 bits per heavy atom. The number of anilines is 2. The molecule has 1 aliphatic carbocycles. The summed E-state index contributed by atoms with van der Waals surface area (Å²) in [6, 6.07) is 14.0. The maximum absolute atomic E-state index is 16.9. The SMILES string of the molecule is C#Cc1c(F)ccc2cccc(-c3nc4c5c(nc(OCC67CCCN6CCC7)nc5c3F)N3CCCOCC3CC4)c12.COC(=O)N1CCC2(CC1)CC(OC1CCN(c3ccc4c(c3)CN(C3CCC(=O)NC3=O)C4=O)CC1)C2. The van der Waals surface area contributed by atoms with Gasteiger partial charge in [-0.1, -0.05) is 30.2 Å². The van der Waals surface area contributed by atoms with E-state index in [1.54, 1.807) is 21.9 Å². The van der Waals surface area contributed by atoms with Gasteiger partial charge in [-0.2, -0.15) is 9.97 Å². The fraction of sp³-hybridized carbons (Fsp3) is 0.532. The van der Waals surface area contributed by atoms with Gasteiger partial charge in [-0.05, 0) is 144 Å². The van der Waals surface area contributed by atoms with Gasteiger partial charge in [0.15, 0.2) is 5.82 Å². The number of terminal acetylenes is 1. The van der Waals surface area contributed by atoms with Gasteiger partial charge in [0, 0.05) is 74.5 Å². The number of benzene rings is 3. The molecule has 2 atom stereocenters. The molecule has 7 fully saturated rings. The highest BCUT2D eigenvalue weighted by atomic mass is 19.1. The average Bonchev–Trinajstić information content (AvgIpc) is 4.24. The summed E-state index contributed by atoms with van der Waals surface area (Å²) in [4.78, 5) is 73.7. The van der Waals surface area contributed by atoms with Gasteiger partial charge in [0.1, 0.15) is 35.5 Å². The number of ether oxygens (including phenoxy) is 4. The van der Waals surface area contributed by atoms with Crippen LogP contribution in [0.4, 0.5) is 25.1 Å². The van der Waals surface area contributed by atoms with Crippen LogP contribution in [0, 0.1) is 29.4 Å². The Hall–Kier alpha value is -7.01. The maximum Gasteiger partial charge on any atom is 0.409 e. The third-order valence-corrected chi connectivity index (χ3v) is 19.2. The molecule has 81 heavy (non-hydrogen) atoms. The molecule has 14 rings (SSSR count). The molecule has 9 aliphatic rings. The molecule has 3 aromatic carbocycles. The number of hydrogen-bond acceptors (Lipinski definition) is 14. The number of aromatic nitrogens is 3. The number of rotatable bonds is 8. The van der Waals surface area contributed by atoms with Crippen molar-refractivity contribution in [2.45, 2.75) is 133 Å². The number of nitrogens with zero attached hydrogens (tertiary/aromatic N) is 8. The molecular weight excluding hydrogens is 1040 g/mol. The normalized spacial score (nSPS) is 23.5. The second-order valence-corrected chi connectivity index (χ2v) is 23.8. The quantitative estimate of drug-likeness (QED) is 0.117. The first kappa shape index (κ1) is 53.3. The van der Waals surface area contributed by atoms with E-state index in [1.807, 2.05) is 24.3 Å². The number of halogens is 2. The molecular formula is C62H69F2N9O8. The van der Waals surface area contributed by atoms with Crippen LogP contribution in [0.1, 0.15) is 117 Å². The Morgan fingerprint density at radius 3 is 2.41 bits per heavy atom. The standard InChI is InChI=1S/C34H33F2N5O2.C28H36N4O6/c1-2-23-25(35)11-9-21-7-3-8-24(27(21)23)30-29(36)31-28-26(37-30)12-10-22-19-42-18-6-17-41(22)32(28)39-33(38-31)43-20-34-13-4-15-40(34)16-5-14-34;1-37-27(36)31-12-8-28(9-13-31)15-21(16-28)38-20-6-10-30(11-7-20)19-2-3-22-18(14-19)17-32(26(22)35)23-4-5-24(33)29-25(23)34/h1,3,7-9,11,22H,4-6,10,12-20H2;2-3,14,20-21,23H,4-13,15-17H2,1H3,(H,29,33,34). The summed E-state index contributed by atoms with van der Waals surface area (Å²) in [7, 11) is 1.44. The highest BCUT2D eigenvalue weighted by Gasteiger charge is 2.49. The van der Waals surface area contributed by atoms with Crippen LogP contribution in [0.25, 0.3) is 32.9 Å². The van der Waals surface area contributed by atoms with Crippen LogP contribution in [-0.4, -0.2) is 156 Å². The van der Waals surface area contributed by atoms with Gasteiger partial charge < -0.3 is 38.5 Å². The number of carbonyl (C=O) groups excluding carboxylic acids is 4. The minimum absolute atomic E-state index is 0.00280. The zero-order valence-corrected chi connectivity index (χ0v) is 46.0. The van der Waals surface area contributed by atoms with Crippen molar-refractivity contribution in [2.75, 3.05) is 82.5 Å². The third kappa shape index (κ3) is 9.88. The van der Waals surface area contributed by atoms with Crippen molar-refractivity contribution in [3.8, 4) is 29.6 Å². The van der Waals surface area contributed by atoms with E-state index in [9.17, 15) is 23.6 Å². The van der Waals surface area contributed by atoms with Crippen LogP contribution in [0.15, 0.2) is 48.5 Å². The van der Waals surface area contributed by atoms with Crippen LogP contribution in [-0.2, 0) is 36.8 Å². The highest BCUT2D eigenvalue weighted by Crippen LogP contribution is 2.51. The van der Waals surface area contributed by atoms with Gasteiger partial charge in [-0.15, -0.1) is 6.42 Å². The number of hydrogen-bond donors (Lipinski definition) is 1. The molecule has 8 aliphatic heterocycles. The fourth-order valence-corrected chi connectivity index (χ4v) is 14.8. The number of methoxy groups -OCH3 is 1. The summed E-state index contributed by atoms with van der Waals surface area (Å²) in [5, 5.41) is 4.15. The van der Waals surface area contributed by atoms with E-state index in [0.29, 0.717) is 89.5 Å². The summed E-state index contributed by atoms with van der Waals surface area (Å²) in [6.45, 7) is 8.38. The largest absolute Gasteiger partial charge is 0.461 e. The number of nitrogens with one attached hydrogen (secondary N) is 1. The molecule has 424 valence electrons. The molecule has 6 saturated heterocycles. The van der Waals surface area contributed by atoms with Crippen molar-refractivity contribution < 1.29 is 46.9 Å². The first-order chi connectivity index (χ1) is 39.4. The lowest BCUT2D eigenvalue weighted by atomic mass is 9.61. The molecule has 0 radical (unpaired) electrons. The maximum atomic E-state index is 16.9. The number of imide groups is 1. The van der Waals surface area contributed by atoms with Crippen molar-refractivity contribution >= 4 is 57.0 Å². The van der Waals surface area contributed by atoms with Crippen molar-refractivity contribution in [3.63, 3.8) is 0 Å². The van der Waals surface area contributed by atoms with E-state index >= 15 is 4.39 Å². The minimum Gasteiger partial charge on any atom is -0.461 e. The first-order valence-corrected chi connectivity index (χ1v) is 29.2. The number of amides is 4. The molecule has 1 spiro atoms. The molecule has 10 heterocycles. The third-order valence-electron chi connectivity index (χ3n) is 19.2. The van der Waals surface area contributed by atoms with E-state index in [1.165, 1.54) is 13.2 Å². The van der Waals surface area contributed by atoms with Crippen LogP contribution in [0.3, 0.4) is 0 Å². The Bertz CT molecular complexity index is 3360. The summed E-state index contributed by atoms with van der Waals surface area (Å²) in [6.07, 6.45) is 19.6. The molecule has 1 N–H and O–H groups in total. The summed E-state index contributed by atoms with van der Waals surface area (Å²) in [5.41, 5.74) is 4.54.